The van der Waals surface area contributed by atoms with Crippen molar-refractivity contribution in [2.24, 2.45) is 0 Å². The first-order valence-electron chi connectivity index (χ1n) is 8.96. The van der Waals surface area contributed by atoms with Crippen molar-refractivity contribution in [2.45, 2.75) is 31.7 Å². The van der Waals surface area contributed by atoms with Gasteiger partial charge in [-0.05, 0) is 36.1 Å². The SMILES string of the molecule is O=C1CCCN2C(=O)CCOc3cccc(F)c3-c3cccc(c3)CC12. The summed E-state index contributed by atoms with van der Waals surface area (Å²) in [5.41, 5.74) is 2.03. The van der Waals surface area contributed by atoms with E-state index < -0.39 is 6.04 Å². The lowest BCUT2D eigenvalue weighted by Gasteiger charge is -2.35. The molecule has 2 heterocycles. The van der Waals surface area contributed by atoms with E-state index in [1.54, 1.807) is 17.0 Å². The third kappa shape index (κ3) is 3.09. The number of halogens is 1. The fraction of sp³-hybridized carbons (Fsp3) is 0.333. The predicted molar refractivity (Wildman–Crippen MR) is 95.4 cm³/mol. The van der Waals surface area contributed by atoms with E-state index in [1.165, 1.54) is 6.07 Å². The van der Waals surface area contributed by atoms with Gasteiger partial charge in [-0.1, -0.05) is 30.3 Å². The van der Waals surface area contributed by atoms with Crippen LogP contribution in [-0.2, 0) is 16.0 Å². The normalized spacial score (nSPS) is 20.3. The van der Waals surface area contributed by atoms with Crippen molar-refractivity contribution in [1.29, 1.82) is 0 Å². The average molecular weight is 353 g/mol. The average Bonchev–Trinajstić information content (AvgIpc) is 2.63. The Balaban J connectivity index is 1.80. The Bertz CT molecular complexity index is 864. The van der Waals surface area contributed by atoms with Crippen LogP contribution in [0.5, 0.6) is 5.75 Å². The number of Topliss-reactive ketones (excluding diaryl/α,β-unsaturated/α-hetero) is 1. The van der Waals surface area contributed by atoms with Gasteiger partial charge in [-0.2, -0.15) is 0 Å². The quantitative estimate of drug-likeness (QED) is 0.729. The van der Waals surface area contributed by atoms with Crippen molar-refractivity contribution in [3.8, 4) is 16.9 Å². The zero-order valence-electron chi connectivity index (χ0n) is 14.4. The molecule has 2 aromatic rings. The first-order chi connectivity index (χ1) is 12.6. The second-order valence-corrected chi connectivity index (χ2v) is 6.79. The smallest absolute Gasteiger partial charge is 0.226 e. The number of nitrogens with zero attached hydrogens (tertiary/aromatic N) is 1. The van der Waals surface area contributed by atoms with Crippen LogP contribution >= 0.6 is 0 Å². The molecule has 26 heavy (non-hydrogen) atoms. The van der Waals surface area contributed by atoms with Gasteiger partial charge >= 0.3 is 0 Å². The summed E-state index contributed by atoms with van der Waals surface area (Å²) in [5.74, 6) is 0.0810. The molecule has 0 aromatic heterocycles. The Morgan fingerprint density at radius 3 is 2.81 bits per heavy atom. The number of carbonyl (C=O) groups is 2. The number of hydrogen-bond donors (Lipinski definition) is 0. The number of benzene rings is 2. The van der Waals surface area contributed by atoms with Gasteiger partial charge in [0.15, 0.2) is 5.78 Å². The fourth-order valence-electron chi connectivity index (χ4n) is 3.82. The second-order valence-electron chi connectivity index (χ2n) is 6.79. The Morgan fingerprint density at radius 1 is 1.08 bits per heavy atom. The van der Waals surface area contributed by atoms with Crippen LogP contribution in [0.2, 0.25) is 0 Å². The summed E-state index contributed by atoms with van der Waals surface area (Å²) in [5, 5.41) is 0. The van der Waals surface area contributed by atoms with Gasteiger partial charge < -0.3 is 9.64 Å². The van der Waals surface area contributed by atoms with E-state index in [4.69, 9.17) is 4.74 Å². The lowest BCUT2D eigenvalue weighted by molar-refractivity contribution is -0.142. The number of piperidine rings is 1. The van der Waals surface area contributed by atoms with E-state index in [9.17, 15) is 14.0 Å². The highest BCUT2D eigenvalue weighted by Crippen LogP contribution is 2.34. The lowest BCUT2D eigenvalue weighted by atomic mass is 9.92. The highest BCUT2D eigenvalue weighted by Gasteiger charge is 2.33. The molecule has 2 aliphatic heterocycles. The van der Waals surface area contributed by atoms with Gasteiger partial charge in [0.1, 0.15) is 11.6 Å². The van der Waals surface area contributed by atoms with Gasteiger partial charge in [0.25, 0.3) is 0 Å². The number of ketones is 1. The maximum atomic E-state index is 14.5. The maximum Gasteiger partial charge on any atom is 0.226 e. The molecule has 2 bridgehead atoms. The summed E-state index contributed by atoms with van der Waals surface area (Å²) < 4.78 is 20.2. The molecule has 1 amide bonds. The first kappa shape index (κ1) is 16.8. The van der Waals surface area contributed by atoms with Gasteiger partial charge in [0, 0.05) is 13.0 Å². The molecule has 1 unspecified atom stereocenters. The lowest BCUT2D eigenvalue weighted by Crippen LogP contribution is -2.50. The molecule has 1 atom stereocenters. The highest BCUT2D eigenvalue weighted by atomic mass is 19.1. The molecule has 4 nitrogen and oxygen atoms in total. The molecule has 5 heteroatoms. The fourth-order valence-corrected chi connectivity index (χ4v) is 3.82. The Kier molecular flexibility index (Phi) is 4.45. The summed E-state index contributed by atoms with van der Waals surface area (Å²) in [6.07, 6.45) is 1.84. The summed E-state index contributed by atoms with van der Waals surface area (Å²) in [6, 6.07) is 11.8. The van der Waals surface area contributed by atoms with E-state index in [2.05, 4.69) is 0 Å². The van der Waals surface area contributed by atoms with Crippen LogP contribution in [0.3, 0.4) is 0 Å². The molecule has 0 aliphatic carbocycles. The zero-order valence-corrected chi connectivity index (χ0v) is 14.4. The van der Waals surface area contributed by atoms with Crippen LogP contribution in [-0.4, -0.2) is 35.8 Å². The Labute approximate surface area is 151 Å². The molecule has 134 valence electrons. The predicted octanol–water partition coefficient (Wildman–Crippen LogP) is 3.38. The summed E-state index contributed by atoms with van der Waals surface area (Å²) >= 11 is 0. The first-order valence-corrected chi connectivity index (χ1v) is 8.96. The van der Waals surface area contributed by atoms with Gasteiger partial charge in [0.2, 0.25) is 5.91 Å². The van der Waals surface area contributed by atoms with E-state index in [-0.39, 0.29) is 30.5 Å². The number of ether oxygens (including phenoxy) is 1. The number of fused-ring (bicyclic) bond motifs is 5. The largest absolute Gasteiger partial charge is 0.492 e. The molecule has 1 saturated heterocycles. The molecular formula is C21H20FNO3. The van der Waals surface area contributed by atoms with Crippen molar-refractivity contribution in [3.63, 3.8) is 0 Å². The molecule has 1 fully saturated rings. The molecular weight excluding hydrogens is 333 g/mol. The third-order valence-electron chi connectivity index (χ3n) is 5.08. The number of hydrogen-bond acceptors (Lipinski definition) is 3. The molecule has 0 spiro atoms. The monoisotopic (exact) mass is 353 g/mol. The summed E-state index contributed by atoms with van der Waals surface area (Å²) in [4.78, 5) is 26.8. The van der Waals surface area contributed by atoms with Gasteiger partial charge in [-0.25, -0.2) is 4.39 Å². The van der Waals surface area contributed by atoms with Gasteiger partial charge in [0.05, 0.1) is 24.6 Å². The standard InChI is InChI=1S/C21H20FNO3/c22-16-6-2-8-19-21(16)15-5-1-4-14(12-15)13-17-18(24)7-3-10-23(17)20(25)9-11-26-19/h1-2,4-6,8,12,17H,3,7,9-11,13H2. The number of rotatable bonds is 0. The van der Waals surface area contributed by atoms with Crippen LogP contribution in [0.25, 0.3) is 11.1 Å². The van der Waals surface area contributed by atoms with E-state index >= 15 is 0 Å². The second kappa shape index (κ2) is 6.90. The van der Waals surface area contributed by atoms with Crippen molar-refractivity contribution >= 4 is 11.7 Å². The topological polar surface area (TPSA) is 46.6 Å². The van der Waals surface area contributed by atoms with Crippen LogP contribution in [0.15, 0.2) is 42.5 Å². The number of amides is 1. The molecule has 0 saturated carbocycles. The summed E-state index contributed by atoms with van der Waals surface area (Å²) in [6.45, 7) is 0.756. The molecule has 2 aromatic carbocycles. The highest BCUT2D eigenvalue weighted by molar-refractivity contribution is 5.90. The molecule has 0 radical (unpaired) electrons. The van der Waals surface area contributed by atoms with Crippen LogP contribution in [0.4, 0.5) is 4.39 Å². The van der Waals surface area contributed by atoms with Crippen LogP contribution < -0.4 is 4.74 Å². The maximum absolute atomic E-state index is 14.5. The van der Waals surface area contributed by atoms with Gasteiger partial charge in [-0.3, -0.25) is 9.59 Å². The summed E-state index contributed by atoms with van der Waals surface area (Å²) in [7, 11) is 0. The minimum Gasteiger partial charge on any atom is -0.492 e. The minimum atomic E-state index is -0.439. The van der Waals surface area contributed by atoms with E-state index in [1.807, 2.05) is 24.3 Å². The van der Waals surface area contributed by atoms with Gasteiger partial charge in [-0.15, -0.1) is 0 Å². The van der Waals surface area contributed by atoms with Crippen LogP contribution in [0, 0.1) is 5.82 Å². The van der Waals surface area contributed by atoms with E-state index in [0.717, 1.165) is 11.1 Å². The Hall–Kier alpha value is -2.69. The Morgan fingerprint density at radius 2 is 1.92 bits per heavy atom. The number of carbonyl (C=O) groups excluding carboxylic acids is 2. The van der Waals surface area contributed by atoms with Crippen molar-refractivity contribution < 1.29 is 18.7 Å². The van der Waals surface area contributed by atoms with E-state index in [0.29, 0.717) is 37.1 Å². The zero-order chi connectivity index (χ0) is 18.1. The van der Waals surface area contributed by atoms with Crippen LogP contribution in [0.1, 0.15) is 24.8 Å². The minimum absolute atomic E-state index is 0.0854. The molecule has 4 rings (SSSR count). The van der Waals surface area contributed by atoms with Crippen molar-refractivity contribution in [1.82, 2.24) is 4.90 Å². The molecule has 2 aliphatic rings. The molecule has 0 N–H and O–H groups in total. The van der Waals surface area contributed by atoms with Crippen molar-refractivity contribution in [3.05, 3.63) is 53.8 Å². The van der Waals surface area contributed by atoms with Crippen molar-refractivity contribution in [2.75, 3.05) is 13.2 Å². The third-order valence-corrected chi connectivity index (χ3v) is 5.08.